The van der Waals surface area contributed by atoms with Gasteiger partial charge < -0.3 is 10.2 Å². The van der Waals surface area contributed by atoms with E-state index in [1.807, 2.05) is 20.8 Å². The molecule has 104 valence electrons. The largest absolute Gasteiger partial charge is 0.342 e. The number of piperazine rings is 1. The quantitative estimate of drug-likeness (QED) is 0.835. The highest BCUT2D eigenvalue weighted by Gasteiger charge is 2.43. The maximum Gasteiger partial charge on any atom is 0.246 e. The third-order valence-electron chi connectivity index (χ3n) is 3.48. The van der Waals surface area contributed by atoms with E-state index < -0.39 is 6.04 Å². The maximum absolute atomic E-state index is 12.5. The van der Waals surface area contributed by atoms with Crippen LogP contribution >= 0.6 is 0 Å². The van der Waals surface area contributed by atoms with E-state index >= 15 is 0 Å². The van der Waals surface area contributed by atoms with Crippen molar-refractivity contribution in [2.45, 2.75) is 60.0 Å². The van der Waals surface area contributed by atoms with Crippen LogP contribution in [0.3, 0.4) is 0 Å². The molecule has 1 N–H and O–H groups in total. The minimum atomic E-state index is -0.409. The van der Waals surface area contributed by atoms with Crippen LogP contribution in [0.25, 0.3) is 0 Å². The van der Waals surface area contributed by atoms with Crippen molar-refractivity contribution < 1.29 is 9.59 Å². The van der Waals surface area contributed by atoms with Gasteiger partial charge in [-0.15, -0.1) is 0 Å². The van der Waals surface area contributed by atoms with E-state index in [9.17, 15) is 9.59 Å². The molecule has 0 spiro atoms. The predicted octanol–water partition coefficient (Wildman–Crippen LogP) is 1.79. The molecule has 4 heteroatoms. The first-order valence-corrected chi connectivity index (χ1v) is 6.75. The van der Waals surface area contributed by atoms with Gasteiger partial charge in [-0.05, 0) is 24.7 Å². The van der Waals surface area contributed by atoms with E-state index in [-0.39, 0.29) is 23.3 Å². The highest BCUT2D eigenvalue weighted by atomic mass is 16.2. The lowest BCUT2D eigenvalue weighted by molar-refractivity contribution is -0.151. The molecule has 2 atom stereocenters. The van der Waals surface area contributed by atoms with Crippen LogP contribution in [-0.2, 0) is 9.59 Å². The first-order valence-electron chi connectivity index (χ1n) is 6.75. The molecule has 0 saturated carbocycles. The normalized spacial score (nSPS) is 25.6. The van der Waals surface area contributed by atoms with Crippen molar-refractivity contribution in [3.05, 3.63) is 0 Å². The van der Waals surface area contributed by atoms with Crippen molar-refractivity contribution >= 4 is 11.8 Å². The number of nitrogens with one attached hydrogen (secondary N) is 1. The summed E-state index contributed by atoms with van der Waals surface area (Å²) in [6, 6.07) is -0.761. The topological polar surface area (TPSA) is 49.4 Å². The minimum absolute atomic E-state index is 0.0433. The number of amides is 2. The average Bonchev–Trinajstić information content (AvgIpc) is 2.21. The summed E-state index contributed by atoms with van der Waals surface area (Å²) < 4.78 is 0. The van der Waals surface area contributed by atoms with Gasteiger partial charge in [-0.25, -0.2) is 0 Å². The van der Waals surface area contributed by atoms with Gasteiger partial charge in [0, 0.05) is 6.54 Å². The maximum atomic E-state index is 12.5. The number of carbonyl (C=O) groups is 2. The van der Waals surface area contributed by atoms with Crippen LogP contribution in [0.15, 0.2) is 0 Å². The fraction of sp³-hybridized carbons (Fsp3) is 0.857. The molecule has 0 aromatic heterocycles. The first kappa shape index (κ1) is 15.0. The SMILES string of the molecule is CC(C)CCN1C(=O)C(C(C)(C)C)NC(=O)C1C. The zero-order valence-corrected chi connectivity index (χ0v) is 12.4. The molecule has 2 amide bonds. The fourth-order valence-corrected chi connectivity index (χ4v) is 2.11. The van der Waals surface area contributed by atoms with E-state index in [0.29, 0.717) is 12.5 Å². The third-order valence-corrected chi connectivity index (χ3v) is 3.48. The molecule has 0 aromatic rings. The van der Waals surface area contributed by atoms with Crippen LogP contribution in [0.5, 0.6) is 0 Å². The van der Waals surface area contributed by atoms with E-state index in [1.165, 1.54) is 0 Å². The Bertz CT molecular complexity index is 331. The van der Waals surface area contributed by atoms with Crippen LogP contribution in [0, 0.1) is 11.3 Å². The predicted molar refractivity (Wildman–Crippen MR) is 72.0 cm³/mol. The van der Waals surface area contributed by atoms with Crippen molar-refractivity contribution in [3.63, 3.8) is 0 Å². The molecule has 1 heterocycles. The van der Waals surface area contributed by atoms with Crippen molar-refractivity contribution in [1.82, 2.24) is 10.2 Å². The molecular weight excluding hydrogens is 228 g/mol. The molecule has 4 nitrogen and oxygen atoms in total. The molecule has 1 rings (SSSR count). The molecule has 0 radical (unpaired) electrons. The lowest BCUT2D eigenvalue weighted by atomic mass is 9.84. The van der Waals surface area contributed by atoms with Crippen molar-refractivity contribution in [2.24, 2.45) is 11.3 Å². The van der Waals surface area contributed by atoms with Gasteiger partial charge in [-0.1, -0.05) is 34.6 Å². The zero-order valence-electron chi connectivity index (χ0n) is 12.4. The molecule has 0 aromatic carbocycles. The number of hydrogen-bond donors (Lipinski definition) is 1. The molecule has 2 unspecified atom stereocenters. The summed E-state index contributed by atoms with van der Waals surface area (Å²) in [5.41, 5.74) is -0.247. The highest BCUT2D eigenvalue weighted by Crippen LogP contribution is 2.25. The Morgan fingerprint density at radius 2 is 1.83 bits per heavy atom. The number of rotatable bonds is 3. The summed E-state index contributed by atoms with van der Waals surface area (Å²) >= 11 is 0. The van der Waals surface area contributed by atoms with Crippen LogP contribution < -0.4 is 5.32 Å². The van der Waals surface area contributed by atoms with Gasteiger partial charge in [0.2, 0.25) is 11.8 Å². The number of hydrogen-bond acceptors (Lipinski definition) is 2. The third kappa shape index (κ3) is 3.24. The molecular formula is C14H26N2O2. The Balaban J connectivity index is 2.86. The van der Waals surface area contributed by atoms with Gasteiger partial charge in [0.1, 0.15) is 12.1 Å². The summed E-state index contributed by atoms with van der Waals surface area (Å²) in [6.45, 7) is 12.6. The molecule has 0 bridgehead atoms. The van der Waals surface area contributed by atoms with Gasteiger partial charge in [0.25, 0.3) is 0 Å². The summed E-state index contributed by atoms with van der Waals surface area (Å²) in [7, 11) is 0. The lowest BCUT2D eigenvalue weighted by Gasteiger charge is -2.42. The van der Waals surface area contributed by atoms with Crippen molar-refractivity contribution in [3.8, 4) is 0 Å². The minimum Gasteiger partial charge on any atom is -0.342 e. The van der Waals surface area contributed by atoms with E-state index in [4.69, 9.17) is 0 Å². The number of nitrogens with zero attached hydrogens (tertiary/aromatic N) is 1. The standard InChI is InChI=1S/C14H26N2O2/c1-9(2)7-8-16-10(3)12(17)15-11(13(16)18)14(4,5)6/h9-11H,7-8H2,1-6H3,(H,15,17). The Morgan fingerprint density at radius 3 is 2.28 bits per heavy atom. The summed E-state index contributed by atoms with van der Waals surface area (Å²) in [4.78, 5) is 26.1. The second-order valence-corrected chi connectivity index (χ2v) is 6.70. The van der Waals surface area contributed by atoms with Gasteiger partial charge in [0.05, 0.1) is 0 Å². The van der Waals surface area contributed by atoms with Gasteiger partial charge >= 0.3 is 0 Å². The summed E-state index contributed by atoms with van der Waals surface area (Å²) in [6.07, 6.45) is 0.931. The van der Waals surface area contributed by atoms with E-state index in [0.717, 1.165) is 6.42 Å². The molecule has 1 aliphatic rings. The smallest absolute Gasteiger partial charge is 0.246 e. The van der Waals surface area contributed by atoms with Crippen LogP contribution in [0.1, 0.15) is 48.0 Å². The fourth-order valence-electron chi connectivity index (χ4n) is 2.11. The van der Waals surface area contributed by atoms with Gasteiger partial charge in [-0.3, -0.25) is 9.59 Å². The van der Waals surface area contributed by atoms with Crippen molar-refractivity contribution in [1.29, 1.82) is 0 Å². The molecule has 1 aliphatic heterocycles. The van der Waals surface area contributed by atoms with Crippen molar-refractivity contribution in [2.75, 3.05) is 6.54 Å². The van der Waals surface area contributed by atoms with Crippen LogP contribution in [-0.4, -0.2) is 35.3 Å². The van der Waals surface area contributed by atoms with E-state index in [1.54, 1.807) is 11.8 Å². The van der Waals surface area contributed by atoms with Crippen LogP contribution in [0.2, 0.25) is 0 Å². The zero-order chi connectivity index (χ0) is 14.1. The number of carbonyl (C=O) groups excluding carboxylic acids is 2. The van der Waals surface area contributed by atoms with Gasteiger partial charge in [0.15, 0.2) is 0 Å². The monoisotopic (exact) mass is 254 g/mol. The summed E-state index contributed by atoms with van der Waals surface area (Å²) in [5.74, 6) is 0.539. The van der Waals surface area contributed by atoms with Gasteiger partial charge in [-0.2, -0.15) is 0 Å². The highest BCUT2D eigenvalue weighted by molar-refractivity contribution is 5.97. The Morgan fingerprint density at radius 1 is 1.28 bits per heavy atom. The molecule has 1 saturated heterocycles. The Labute approximate surface area is 110 Å². The summed E-state index contributed by atoms with van der Waals surface area (Å²) in [5, 5.41) is 2.84. The molecule has 0 aliphatic carbocycles. The Hall–Kier alpha value is -1.06. The molecule has 1 fully saturated rings. The first-order chi connectivity index (χ1) is 8.14. The molecule has 18 heavy (non-hydrogen) atoms. The average molecular weight is 254 g/mol. The van der Waals surface area contributed by atoms with E-state index in [2.05, 4.69) is 19.2 Å². The lowest BCUT2D eigenvalue weighted by Crippen LogP contribution is -2.65. The van der Waals surface area contributed by atoms with Crippen LogP contribution in [0.4, 0.5) is 0 Å². The Kier molecular flexibility index (Phi) is 4.41. The second kappa shape index (κ2) is 5.29. The second-order valence-electron chi connectivity index (χ2n) is 6.70.